The van der Waals surface area contributed by atoms with Crippen LogP contribution in [-0.4, -0.2) is 27.6 Å². The number of carbonyl (C=O) groups is 1. The molecule has 0 unspecified atom stereocenters. The molecule has 1 rings (SSSR count). The molecule has 1 aromatic rings. The number of carbonyl (C=O) groups excluding carboxylic acids is 1. The number of aromatic nitrogens is 3. The summed E-state index contributed by atoms with van der Waals surface area (Å²) in [6.45, 7) is 2.80. The first-order chi connectivity index (χ1) is 6.76. The number of ether oxygens (including phenoxy) is 1. The van der Waals surface area contributed by atoms with Crippen LogP contribution in [0.4, 0.5) is 0 Å². The van der Waals surface area contributed by atoms with E-state index in [1.54, 1.807) is 6.20 Å². The van der Waals surface area contributed by atoms with Gasteiger partial charge in [-0.25, -0.2) is 4.68 Å². The predicted molar refractivity (Wildman–Crippen MR) is 49.2 cm³/mol. The smallest absolute Gasteiger partial charge is 0.327 e. The molecule has 0 aliphatic rings. The van der Waals surface area contributed by atoms with Gasteiger partial charge in [-0.05, 0) is 6.42 Å². The minimum Gasteiger partial charge on any atom is -0.464 e. The summed E-state index contributed by atoms with van der Waals surface area (Å²) in [5.41, 5.74) is 6.00. The fourth-order valence-electron chi connectivity index (χ4n) is 0.903. The minimum absolute atomic E-state index is 0.0903. The predicted octanol–water partition coefficient (Wildman–Crippen LogP) is -0.310. The van der Waals surface area contributed by atoms with Gasteiger partial charge in [0.25, 0.3) is 0 Å². The topological polar surface area (TPSA) is 83.0 Å². The highest BCUT2D eigenvalue weighted by molar-refractivity contribution is 5.68. The molecule has 0 fully saturated rings. The van der Waals surface area contributed by atoms with Crippen molar-refractivity contribution in [3.63, 3.8) is 0 Å². The lowest BCUT2D eigenvalue weighted by Crippen LogP contribution is -2.14. The zero-order valence-electron chi connectivity index (χ0n) is 8.14. The molecule has 1 aromatic heterocycles. The molecule has 0 saturated heterocycles. The van der Waals surface area contributed by atoms with E-state index in [1.807, 2.05) is 6.92 Å². The van der Waals surface area contributed by atoms with Gasteiger partial charge < -0.3 is 10.5 Å². The van der Waals surface area contributed by atoms with Gasteiger partial charge in [0, 0.05) is 6.54 Å². The number of nitrogens with two attached hydrogens (primary N) is 1. The van der Waals surface area contributed by atoms with Gasteiger partial charge in [-0.1, -0.05) is 12.1 Å². The molecule has 14 heavy (non-hydrogen) atoms. The van der Waals surface area contributed by atoms with Gasteiger partial charge in [-0.2, -0.15) is 0 Å². The molecule has 0 aliphatic heterocycles. The molecule has 1 heterocycles. The largest absolute Gasteiger partial charge is 0.464 e. The summed E-state index contributed by atoms with van der Waals surface area (Å²) in [4.78, 5) is 11.1. The van der Waals surface area contributed by atoms with Crippen molar-refractivity contribution < 1.29 is 9.53 Å². The van der Waals surface area contributed by atoms with Crippen molar-refractivity contribution in [3.05, 3.63) is 11.9 Å². The average Bonchev–Trinajstić information content (AvgIpc) is 2.62. The Hall–Kier alpha value is -1.43. The molecular formula is C8H14N4O2. The van der Waals surface area contributed by atoms with Crippen LogP contribution >= 0.6 is 0 Å². The van der Waals surface area contributed by atoms with E-state index in [0.29, 0.717) is 18.8 Å². The highest BCUT2D eigenvalue weighted by atomic mass is 16.5. The molecule has 0 aromatic carbocycles. The maximum absolute atomic E-state index is 11.1. The second-order valence-electron chi connectivity index (χ2n) is 2.83. The molecule has 6 nitrogen and oxygen atoms in total. The van der Waals surface area contributed by atoms with Gasteiger partial charge in [0.05, 0.1) is 18.5 Å². The Morgan fingerprint density at radius 2 is 2.50 bits per heavy atom. The zero-order valence-corrected chi connectivity index (χ0v) is 8.14. The number of hydrogen-bond acceptors (Lipinski definition) is 5. The van der Waals surface area contributed by atoms with Crippen LogP contribution in [0.2, 0.25) is 0 Å². The van der Waals surface area contributed by atoms with Gasteiger partial charge >= 0.3 is 5.97 Å². The van der Waals surface area contributed by atoms with Gasteiger partial charge in [0.2, 0.25) is 0 Å². The summed E-state index contributed by atoms with van der Waals surface area (Å²) in [6.07, 6.45) is 2.45. The summed E-state index contributed by atoms with van der Waals surface area (Å²) in [7, 11) is 0. The van der Waals surface area contributed by atoms with Crippen LogP contribution in [0.15, 0.2) is 6.20 Å². The fraction of sp³-hybridized carbons (Fsp3) is 0.625. The van der Waals surface area contributed by atoms with Crippen molar-refractivity contribution in [3.8, 4) is 0 Å². The Balaban J connectivity index is 2.39. The van der Waals surface area contributed by atoms with E-state index in [1.165, 1.54) is 4.68 Å². The molecular weight excluding hydrogens is 184 g/mol. The standard InChI is InChI=1S/C8H14N4O2/c1-2-3-14-8(13)6-12-5-7(4-9)10-11-12/h5H,2-4,6,9H2,1H3. The van der Waals surface area contributed by atoms with Crippen molar-refractivity contribution in [2.45, 2.75) is 26.4 Å². The third kappa shape index (κ3) is 3.14. The second kappa shape index (κ2) is 5.33. The van der Waals surface area contributed by atoms with Crippen molar-refractivity contribution in [1.82, 2.24) is 15.0 Å². The second-order valence-corrected chi connectivity index (χ2v) is 2.83. The molecule has 78 valence electrons. The summed E-state index contributed by atoms with van der Waals surface area (Å²) >= 11 is 0. The van der Waals surface area contributed by atoms with E-state index >= 15 is 0 Å². The number of esters is 1. The zero-order chi connectivity index (χ0) is 10.4. The summed E-state index contributed by atoms with van der Waals surface area (Å²) in [6, 6.07) is 0. The molecule has 0 saturated carbocycles. The molecule has 0 amide bonds. The Morgan fingerprint density at radius 3 is 3.07 bits per heavy atom. The first kappa shape index (κ1) is 10.6. The Labute approximate surface area is 82.0 Å². The van der Waals surface area contributed by atoms with Crippen LogP contribution in [-0.2, 0) is 22.6 Å². The van der Waals surface area contributed by atoms with Gasteiger partial charge in [-0.3, -0.25) is 4.79 Å². The average molecular weight is 198 g/mol. The molecule has 6 heteroatoms. The minimum atomic E-state index is -0.305. The maximum atomic E-state index is 11.1. The first-order valence-electron chi connectivity index (χ1n) is 4.51. The highest BCUT2D eigenvalue weighted by Gasteiger charge is 2.05. The molecule has 0 atom stereocenters. The van der Waals surface area contributed by atoms with Crippen molar-refractivity contribution >= 4 is 5.97 Å². The van der Waals surface area contributed by atoms with Crippen LogP contribution in [0.1, 0.15) is 19.0 Å². The summed E-state index contributed by atoms with van der Waals surface area (Å²) in [5.74, 6) is -0.305. The Kier molecular flexibility index (Phi) is 4.06. The fourth-order valence-corrected chi connectivity index (χ4v) is 0.903. The van der Waals surface area contributed by atoms with E-state index in [2.05, 4.69) is 10.3 Å². The lowest BCUT2D eigenvalue weighted by molar-refractivity contribution is -0.144. The third-order valence-electron chi connectivity index (χ3n) is 1.55. The first-order valence-corrected chi connectivity index (χ1v) is 4.51. The summed E-state index contributed by atoms with van der Waals surface area (Å²) in [5, 5.41) is 7.47. The van der Waals surface area contributed by atoms with Crippen molar-refractivity contribution in [2.24, 2.45) is 5.73 Å². The number of nitrogens with zero attached hydrogens (tertiary/aromatic N) is 3. The molecule has 0 aliphatic carbocycles. The highest BCUT2D eigenvalue weighted by Crippen LogP contribution is 1.92. The van der Waals surface area contributed by atoms with Gasteiger partial charge in [0.15, 0.2) is 0 Å². The van der Waals surface area contributed by atoms with E-state index in [4.69, 9.17) is 10.5 Å². The third-order valence-corrected chi connectivity index (χ3v) is 1.55. The number of rotatable bonds is 5. The Morgan fingerprint density at radius 1 is 1.71 bits per heavy atom. The van der Waals surface area contributed by atoms with E-state index < -0.39 is 0 Å². The van der Waals surface area contributed by atoms with Crippen LogP contribution in [0.25, 0.3) is 0 Å². The number of hydrogen-bond donors (Lipinski definition) is 1. The van der Waals surface area contributed by atoms with E-state index in [9.17, 15) is 4.79 Å². The summed E-state index contributed by atoms with van der Waals surface area (Å²) < 4.78 is 6.30. The molecule has 2 N–H and O–H groups in total. The van der Waals surface area contributed by atoms with E-state index in [-0.39, 0.29) is 12.5 Å². The van der Waals surface area contributed by atoms with Gasteiger partial charge in [-0.15, -0.1) is 5.10 Å². The van der Waals surface area contributed by atoms with Crippen LogP contribution < -0.4 is 5.73 Å². The van der Waals surface area contributed by atoms with E-state index in [0.717, 1.165) is 6.42 Å². The molecule has 0 bridgehead atoms. The molecule has 0 spiro atoms. The van der Waals surface area contributed by atoms with Crippen LogP contribution in [0.5, 0.6) is 0 Å². The SMILES string of the molecule is CCCOC(=O)Cn1cc(CN)nn1. The molecule has 0 radical (unpaired) electrons. The normalized spacial score (nSPS) is 10.1. The monoisotopic (exact) mass is 198 g/mol. The lowest BCUT2D eigenvalue weighted by Gasteiger charge is -2.01. The van der Waals surface area contributed by atoms with Gasteiger partial charge in [0.1, 0.15) is 6.54 Å². The van der Waals surface area contributed by atoms with Crippen LogP contribution in [0, 0.1) is 0 Å². The van der Waals surface area contributed by atoms with Crippen molar-refractivity contribution in [2.75, 3.05) is 6.61 Å². The van der Waals surface area contributed by atoms with Crippen molar-refractivity contribution in [1.29, 1.82) is 0 Å². The van der Waals surface area contributed by atoms with Crippen LogP contribution in [0.3, 0.4) is 0 Å². The lowest BCUT2D eigenvalue weighted by atomic mass is 10.5. The quantitative estimate of drug-likeness (QED) is 0.656. The maximum Gasteiger partial charge on any atom is 0.327 e. The Bertz CT molecular complexity index is 297.